The number of aliphatic hydroxyl groups is 1. The maximum Gasteiger partial charge on any atom is 0.250 e. The molecule has 0 bridgehead atoms. The largest absolute Gasteiger partial charge is 0.398 e. The minimum Gasteiger partial charge on any atom is -0.398 e. The number of carbonyl (C=O) groups is 1. The molecule has 1 saturated heterocycles. The van der Waals surface area contributed by atoms with E-state index in [9.17, 15) is 9.90 Å². The molecule has 5 heteroatoms. The second kappa shape index (κ2) is 5.09. The summed E-state index contributed by atoms with van der Waals surface area (Å²) >= 11 is 0. The first kappa shape index (κ1) is 13.7. The Balaban J connectivity index is 2.22. The van der Waals surface area contributed by atoms with Crippen LogP contribution in [-0.2, 0) is 0 Å². The molecule has 1 aromatic carbocycles. The average molecular weight is 263 g/mol. The molecule has 5 nitrogen and oxygen atoms in total. The highest BCUT2D eigenvalue weighted by atomic mass is 16.3. The van der Waals surface area contributed by atoms with Crippen molar-refractivity contribution in [2.24, 2.45) is 5.73 Å². The van der Waals surface area contributed by atoms with E-state index in [1.54, 1.807) is 12.1 Å². The summed E-state index contributed by atoms with van der Waals surface area (Å²) in [5, 5.41) is 10.1. The van der Waals surface area contributed by atoms with Crippen LogP contribution in [0.25, 0.3) is 0 Å². The Bertz CT molecular complexity index is 486. The Morgan fingerprint density at radius 1 is 1.37 bits per heavy atom. The van der Waals surface area contributed by atoms with E-state index in [1.807, 2.05) is 13.0 Å². The Labute approximate surface area is 113 Å². The molecule has 104 valence electrons. The first-order valence-corrected chi connectivity index (χ1v) is 6.56. The predicted molar refractivity (Wildman–Crippen MR) is 76.1 cm³/mol. The van der Waals surface area contributed by atoms with Crippen molar-refractivity contribution in [3.63, 3.8) is 0 Å². The standard InChI is InChI=1S/C14H21N3O2/c1-14(19)5-2-7-17(8-6-14)10-3-4-12(15)11(9-10)13(16)18/h3-4,9,19H,2,5-8,15H2,1H3,(H2,16,18). The molecule has 1 atom stereocenters. The molecule has 0 spiro atoms. The van der Waals surface area contributed by atoms with Crippen LogP contribution in [0, 0.1) is 0 Å². The Hall–Kier alpha value is -1.75. The summed E-state index contributed by atoms with van der Waals surface area (Å²) in [6.07, 6.45) is 2.42. The van der Waals surface area contributed by atoms with Gasteiger partial charge in [0.15, 0.2) is 0 Å². The van der Waals surface area contributed by atoms with Gasteiger partial charge in [-0.25, -0.2) is 0 Å². The molecule has 0 aromatic heterocycles. The molecule has 5 N–H and O–H groups in total. The summed E-state index contributed by atoms with van der Waals surface area (Å²) in [5.41, 5.74) is 12.1. The van der Waals surface area contributed by atoms with Gasteiger partial charge in [0.25, 0.3) is 5.91 Å². The van der Waals surface area contributed by atoms with E-state index in [0.29, 0.717) is 17.7 Å². The predicted octanol–water partition coefficient (Wildman–Crippen LogP) is 1.11. The molecule has 0 saturated carbocycles. The van der Waals surface area contributed by atoms with E-state index in [1.165, 1.54) is 0 Å². The van der Waals surface area contributed by atoms with E-state index in [2.05, 4.69) is 4.90 Å². The van der Waals surface area contributed by atoms with Crippen molar-refractivity contribution in [2.75, 3.05) is 23.7 Å². The Morgan fingerprint density at radius 2 is 2.11 bits per heavy atom. The molecule has 1 heterocycles. The van der Waals surface area contributed by atoms with Crippen LogP contribution in [0.4, 0.5) is 11.4 Å². The van der Waals surface area contributed by atoms with Gasteiger partial charge in [-0.05, 0) is 44.4 Å². The summed E-state index contributed by atoms with van der Waals surface area (Å²) in [7, 11) is 0. The minimum absolute atomic E-state index is 0.355. The van der Waals surface area contributed by atoms with Gasteiger partial charge in [0.05, 0.1) is 11.2 Å². The molecule has 0 aliphatic carbocycles. The minimum atomic E-state index is -0.602. The zero-order chi connectivity index (χ0) is 14.0. The molecule has 1 fully saturated rings. The maximum absolute atomic E-state index is 11.3. The third kappa shape index (κ3) is 3.17. The van der Waals surface area contributed by atoms with Crippen LogP contribution in [0.1, 0.15) is 36.5 Å². The van der Waals surface area contributed by atoms with E-state index >= 15 is 0 Å². The van der Waals surface area contributed by atoms with Gasteiger partial charge in [-0.15, -0.1) is 0 Å². The van der Waals surface area contributed by atoms with Gasteiger partial charge in [0, 0.05) is 24.5 Å². The Morgan fingerprint density at radius 3 is 2.79 bits per heavy atom. The third-order valence-electron chi connectivity index (χ3n) is 3.73. The zero-order valence-corrected chi connectivity index (χ0v) is 11.2. The Kier molecular flexibility index (Phi) is 3.66. The molecular formula is C14H21N3O2. The lowest BCUT2D eigenvalue weighted by Gasteiger charge is -2.24. The van der Waals surface area contributed by atoms with Gasteiger partial charge in [-0.3, -0.25) is 4.79 Å². The smallest absolute Gasteiger partial charge is 0.250 e. The van der Waals surface area contributed by atoms with Crippen LogP contribution >= 0.6 is 0 Å². The van der Waals surface area contributed by atoms with E-state index < -0.39 is 11.5 Å². The number of rotatable bonds is 2. The van der Waals surface area contributed by atoms with Crippen molar-refractivity contribution < 1.29 is 9.90 Å². The van der Waals surface area contributed by atoms with Gasteiger partial charge >= 0.3 is 0 Å². The lowest BCUT2D eigenvalue weighted by Crippen LogP contribution is -2.28. The van der Waals surface area contributed by atoms with Crippen LogP contribution in [0.3, 0.4) is 0 Å². The normalized spacial score (nSPS) is 24.0. The molecule has 1 amide bonds. The molecule has 2 rings (SSSR count). The van der Waals surface area contributed by atoms with E-state index in [-0.39, 0.29) is 0 Å². The van der Waals surface area contributed by atoms with Crippen molar-refractivity contribution in [2.45, 2.75) is 31.8 Å². The molecule has 0 radical (unpaired) electrons. The van der Waals surface area contributed by atoms with Crippen molar-refractivity contribution in [1.29, 1.82) is 0 Å². The fraction of sp³-hybridized carbons (Fsp3) is 0.500. The highest BCUT2D eigenvalue weighted by molar-refractivity contribution is 5.99. The highest BCUT2D eigenvalue weighted by Gasteiger charge is 2.25. The first-order valence-electron chi connectivity index (χ1n) is 6.56. The SMILES string of the molecule is CC1(O)CCCN(c2ccc(N)c(C(N)=O)c2)CC1. The number of amides is 1. The highest BCUT2D eigenvalue weighted by Crippen LogP contribution is 2.27. The monoisotopic (exact) mass is 263 g/mol. The summed E-state index contributed by atoms with van der Waals surface area (Å²) in [4.78, 5) is 13.5. The second-order valence-electron chi connectivity index (χ2n) is 5.47. The number of carbonyl (C=O) groups excluding carboxylic acids is 1. The first-order chi connectivity index (χ1) is 8.89. The molecular weight excluding hydrogens is 242 g/mol. The van der Waals surface area contributed by atoms with Crippen molar-refractivity contribution in [3.8, 4) is 0 Å². The molecule has 1 unspecified atom stereocenters. The molecule has 1 aliphatic heterocycles. The fourth-order valence-corrected chi connectivity index (χ4v) is 2.48. The van der Waals surface area contributed by atoms with Crippen LogP contribution in [0.15, 0.2) is 18.2 Å². The van der Waals surface area contributed by atoms with Gasteiger partial charge < -0.3 is 21.5 Å². The van der Waals surface area contributed by atoms with E-state index in [0.717, 1.165) is 31.6 Å². The summed E-state index contributed by atoms with van der Waals surface area (Å²) in [5.74, 6) is -0.513. The topological polar surface area (TPSA) is 92.6 Å². The van der Waals surface area contributed by atoms with Crippen molar-refractivity contribution in [3.05, 3.63) is 23.8 Å². The summed E-state index contributed by atoms with van der Waals surface area (Å²) in [6.45, 7) is 3.49. The average Bonchev–Trinajstić information content (AvgIpc) is 2.51. The van der Waals surface area contributed by atoms with Gasteiger partial charge in [-0.1, -0.05) is 0 Å². The molecule has 1 aromatic rings. The van der Waals surface area contributed by atoms with Crippen LogP contribution in [0.2, 0.25) is 0 Å². The van der Waals surface area contributed by atoms with Gasteiger partial charge in [0.1, 0.15) is 0 Å². The lowest BCUT2D eigenvalue weighted by atomic mass is 9.98. The zero-order valence-electron chi connectivity index (χ0n) is 11.2. The third-order valence-corrected chi connectivity index (χ3v) is 3.73. The fourth-order valence-electron chi connectivity index (χ4n) is 2.48. The van der Waals surface area contributed by atoms with Crippen LogP contribution in [-0.4, -0.2) is 29.7 Å². The summed E-state index contributed by atoms with van der Waals surface area (Å²) in [6, 6.07) is 5.33. The molecule has 19 heavy (non-hydrogen) atoms. The second-order valence-corrected chi connectivity index (χ2v) is 5.47. The number of hydrogen-bond acceptors (Lipinski definition) is 4. The number of hydrogen-bond donors (Lipinski definition) is 3. The number of nitrogens with zero attached hydrogens (tertiary/aromatic N) is 1. The molecule has 1 aliphatic rings. The number of nitrogen functional groups attached to an aromatic ring is 1. The van der Waals surface area contributed by atoms with Crippen LogP contribution in [0.5, 0.6) is 0 Å². The van der Waals surface area contributed by atoms with Gasteiger partial charge in [-0.2, -0.15) is 0 Å². The summed E-state index contributed by atoms with van der Waals surface area (Å²) < 4.78 is 0. The van der Waals surface area contributed by atoms with Gasteiger partial charge in [0.2, 0.25) is 0 Å². The van der Waals surface area contributed by atoms with E-state index in [4.69, 9.17) is 11.5 Å². The van der Waals surface area contributed by atoms with Crippen molar-refractivity contribution >= 4 is 17.3 Å². The quantitative estimate of drug-likeness (QED) is 0.697. The van der Waals surface area contributed by atoms with Crippen LogP contribution < -0.4 is 16.4 Å². The number of primary amides is 1. The number of anilines is 2. The van der Waals surface area contributed by atoms with Crippen molar-refractivity contribution in [1.82, 2.24) is 0 Å². The number of benzene rings is 1. The lowest BCUT2D eigenvalue weighted by molar-refractivity contribution is 0.0481. The number of nitrogens with two attached hydrogens (primary N) is 2. The maximum atomic E-state index is 11.3.